The Labute approximate surface area is 128 Å². The second-order valence-corrected chi connectivity index (χ2v) is 5.33. The zero-order chi connectivity index (χ0) is 15.0. The summed E-state index contributed by atoms with van der Waals surface area (Å²) in [4.78, 5) is 4.41. The van der Waals surface area contributed by atoms with Gasteiger partial charge in [-0.3, -0.25) is 0 Å². The molecule has 3 aromatic rings. The number of nitrogen functional groups attached to an aromatic ring is 1. The number of hydrogen-bond donors (Lipinski definition) is 1. The molecule has 4 nitrogen and oxygen atoms in total. The molecule has 0 aliphatic heterocycles. The average Bonchev–Trinajstić information content (AvgIpc) is 2.78. The summed E-state index contributed by atoms with van der Waals surface area (Å²) in [5.41, 5.74) is 10.0. The van der Waals surface area contributed by atoms with E-state index in [0.29, 0.717) is 17.5 Å². The van der Waals surface area contributed by atoms with Gasteiger partial charge >= 0.3 is 0 Å². The van der Waals surface area contributed by atoms with E-state index >= 15 is 0 Å². The SMILES string of the molecule is COc1cccc(Cl)c1Cn1c(N)nc2cccc(C)c21. The summed E-state index contributed by atoms with van der Waals surface area (Å²) >= 11 is 6.31. The molecule has 0 unspecified atom stereocenters. The first-order valence-electron chi connectivity index (χ1n) is 6.64. The molecule has 0 saturated heterocycles. The Bertz CT molecular complexity index is 811. The zero-order valence-corrected chi connectivity index (χ0v) is 12.7. The molecule has 0 bridgehead atoms. The molecule has 0 amide bonds. The summed E-state index contributed by atoms with van der Waals surface area (Å²) in [7, 11) is 1.63. The molecule has 21 heavy (non-hydrogen) atoms. The molecule has 0 atom stereocenters. The summed E-state index contributed by atoms with van der Waals surface area (Å²) in [5, 5.41) is 0.657. The van der Waals surface area contributed by atoms with Gasteiger partial charge < -0.3 is 15.0 Å². The van der Waals surface area contributed by atoms with E-state index in [9.17, 15) is 0 Å². The quantitative estimate of drug-likeness (QED) is 0.803. The fraction of sp³-hybridized carbons (Fsp3) is 0.188. The lowest BCUT2D eigenvalue weighted by Gasteiger charge is -2.13. The predicted molar refractivity (Wildman–Crippen MR) is 86.0 cm³/mol. The van der Waals surface area contributed by atoms with Gasteiger partial charge in [-0.25, -0.2) is 4.98 Å². The van der Waals surface area contributed by atoms with Crippen molar-refractivity contribution in [2.75, 3.05) is 12.8 Å². The normalized spacial score (nSPS) is 11.0. The molecule has 0 aliphatic carbocycles. The van der Waals surface area contributed by atoms with Crippen LogP contribution in [0.3, 0.4) is 0 Å². The molecule has 1 aromatic heterocycles. The lowest BCUT2D eigenvalue weighted by atomic mass is 10.1. The highest BCUT2D eigenvalue weighted by atomic mass is 35.5. The topological polar surface area (TPSA) is 53.1 Å². The Hall–Kier alpha value is -2.20. The minimum Gasteiger partial charge on any atom is -0.496 e. The van der Waals surface area contributed by atoms with E-state index in [1.165, 1.54) is 0 Å². The Morgan fingerprint density at radius 3 is 2.76 bits per heavy atom. The van der Waals surface area contributed by atoms with Gasteiger partial charge in [0.25, 0.3) is 0 Å². The lowest BCUT2D eigenvalue weighted by Crippen LogP contribution is -2.07. The Morgan fingerprint density at radius 2 is 2.00 bits per heavy atom. The van der Waals surface area contributed by atoms with Crippen LogP contribution in [-0.4, -0.2) is 16.7 Å². The van der Waals surface area contributed by atoms with Gasteiger partial charge in [-0.1, -0.05) is 29.8 Å². The van der Waals surface area contributed by atoms with Gasteiger partial charge in [-0.15, -0.1) is 0 Å². The van der Waals surface area contributed by atoms with E-state index in [1.54, 1.807) is 7.11 Å². The smallest absolute Gasteiger partial charge is 0.201 e. The van der Waals surface area contributed by atoms with Crippen LogP contribution in [0.1, 0.15) is 11.1 Å². The molecule has 2 N–H and O–H groups in total. The first-order valence-corrected chi connectivity index (χ1v) is 7.02. The van der Waals surface area contributed by atoms with Crippen molar-refractivity contribution in [2.45, 2.75) is 13.5 Å². The van der Waals surface area contributed by atoms with Crippen molar-refractivity contribution in [1.29, 1.82) is 0 Å². The van der Waals surface area contributed by atoms with Crippen molar-refractivity contribution in [3.05, 3.63) is 52.5 Å². The van der Waals surface area contributed by atoms with Crippen LogP contribution in [0.5, 0.6) is 5.75 Å². The highest BCUT2D eigenvalue weighted by Gasteiger charge is 2.14. The maximum atomic E-state index is 6.31. The molecule has 0 fully saturated rings. The number of ether oxygens (including phenoxy) is 1. The van der Waals surface area contributed by atoms with E-state index in [4.69, 9.17) is 22.1 Å². The molecule has 0 saturated carbocycles. The number of nitrogens with two attached hydrogens (primary N) is 1. The molecule has 0 spiro atoms. The van der Waals surface area contributed by atoms with Crippen LogP contribution < -0.4 is 10.5 Å². The molecule has 0 aliphatic rings. The first-order chi connectivity index (χ1) is 10.1. The number of halogens is 1. The summed E-state index contributed by atoms with van der Waals surface area (Å²) in [5.74, 6) is 1.22. The van der Waals surface area contributed by atoms with Gasteiger partial charge in [0.2, 0.25) is 5.95 Å². The Morgan fingerprint density at radius 1 is 1.24 bits per heavy atom. The van der Waals surface area contributed by atoms with E-state index in [2.05, 4.69) is 4.98 Å². The number of aryl methyl sites for hydroxylation is 1. The largest absolute Gasteiger partial charge is 0.496 e. The van der Waals surface area contributed by atoms with Crippen LogP contribution in [0.2, 0.25) is 5.02 Å². The van der Waals surface area contributed by atoms with E-state index < -0.39 is 0 Å². The zero-order valence-electron chi connectivity index (χ0n) is 11.9. The van der Waals surface area contributed by atoms with Gasteiger partial charge in [0, 0.05) is 10.6 Å². The summed E-state index contributed by atoms with van der Waals surface area (Å²) in [6.07, 6.45) is 0. The summed E-state index contributed by atoms with van der Waals surface area (Å²) in [6, 6.07) is 11.6. The first kappa shape index (κ1) is 13.8. The number of benzene rings is 2. The number of anilines is 1. The van der Waals surface area contributed by atoms with Crippen LogP contribution >= 0.6 is 11.6 Å². The molecule has 5 heteroatoms. The fourth-order valence-corrected chi connectivity index (χ4v) is 2.81. The van der Waals surface area contributed by atoms with Gasteiger partial charge in [0.15, 0.2) is 0 Å². The number of rotatable bonds is 3. The van der Waals surface area contributed by atoms with Crippen molar-refractivity contribution in [3.63, 3.8) is 0 Å². The number of imidazole rings is 1. The molecule has 3 rings (SSSR count). The van der Waals surface area contributed by atoms with Gasteiger partial charge in [-0.05, 0) is 30.7 Å². The molecule has 0 radical (unpaired) electrons. The Kier molecular flexibility index (Phi) is 3.47. The van der Waals surface area contributed by atoms with E-state index in [0.717, 1.165) is 27.9 Å². The third-order valence-corrected chi connectivity index (χ3v) is 3.96. The summed E-state index contributed by atoms with van der Waals surface area (Å²) < 4.78 is 7.36. The minimum atomic E-state index is 0.473. The van der Waals surface area contributed by atoms with Gasteiger partial charge in [-0.2, -0.15) is 0 Å². The maximum absolute atomic E-state index is 6.31. The predicted octanol–water partition coefficient (Wildman–Crippen LogP) is 3.64. The molecule has 2 aromatic carbocycles. The number of hydrogen-bond acceptors (Lipinski definition) is 3. The van der Waals surface area contributed by atoms with Crippen LogP contribution in [0.15, 0.2) is 36.4 Å². The van der Waals surface area contributed by atoms with Crippen molar-refractivity contribution >= 4 is 28.6 Å². The van der Waals surface area contributed by atoms with Gasteiger partial charge in [0.05, 0.1) is 24.7 Å². The molecular weight excluding hydrogens is 286 g/mol. The summed E-state index contributed by atoms with van der Waals surface area (Å²) in [6.45, 7) is 2.57. The number of nitrogens with zero attached hydrogens (tertiary/aromatic N) is 2. The molecular formula is C16H16ClN3O. The van der Waals surface area contributed by atoms with Crippen molar-refractivity contribution in [3.8, 4) is 5.75 Å². The lowest BCUT2D eigenvalue weighted by molar-refractivity contribution is 0.409. The van der Waals surface area contributed by atoms with E-state index in [1.807, 2.05) is 47.9 Å². The fourth-order valence-electron chi connectivity index (χ4n) is 2.58. The second kappa shape index (κ2) is 5.30. The van der Waals surface area contributed by atoms with Crippen molar-refractivity contribution in [2.24, 2.45) is 0 Å². The number of para-hydroxylation sites is 1. The minimum absolute atomic E-state index is 0.473. The molecule has 108 valence electrons. The van der Waals surface area contributed by atoms with Crippen LogP contribution in [0.25, 0.3) is 11.0 Å². The van der Waals surface area contributed by atoms with Crippen LogP contribution in [-0.2, 0) is 6.54 Å². The van der Waals surface area contributed by atoms with Crippen molar-refractivity contribution < 1.29 is 4.74 Å². The number of aromatic nitrogens is 2. The number of methoxy groups -OCH3 is 1. The average molecular weight is 302 g/mol. The third-order valence-electron chi connectivity index (χ3n) is 3.61. The maximum Gasteiger partial charge on any atom is 0.201 e. The standard InChI is InChI=1S/C16H16ClN3O/c1-10-5-3-7-13-15(10)20(16(18)19-13)9-11-12(17)6-4-8-14(11)21-2/h3-8H,9H2,1-2H3,(H2,18,19). The highest BCUT2D eigenvalue weighted by Crippen LogP contribution is 2.30. The van der Waals surface area contributed by atoms with E-state index in [-0.39, 0.29) is 0 Å². The second-order valence-electron chi connectivity index (χ2n) is 4.92. The monoisotopic (exact) mass is 301 g/mol. The third kappa shape index (κ3) is 2.32. The van der Waals surface area contributed by atoms with Crippen LogP contribution in [0, 0.1) is 6.92 Å². The Balaban J connectivity index is 2.17. The number of fused-ring (bicyclic) bond motifs is 1. The van der Waals surface area contributed by atoms with Crippen LogP contribution in [0.4, 0.5) is 5.95 Å². The van der Waals surface area contributed by atoms with Crippen molar-refractivity contribution in [1.82, 2.24) is 9.55 Å². The highest BCUT2D eigenvalue weighted by molar-refractivity contribution is 6.31. The van der Waals surface area contributed by atoms with Gasteiger partial charge in [0.1, 0.15) is 5.75 Å². The molecule has 1 heterocycles.